The van der Waals surface area contributed by atoms with Crippen molar-refractivity contribution in [1.82, 2.24) is 9.55 Å². The Bertz CT molecular complexity index is 808. The van der Waals surface area contributed by atoms with Gasteiger partial charge in [-0.15, -0.1) is 0 Å². The maximum absolute atomic E-state index is 12.4. The number of benzene rings is 1. The Hall–Kier alpha value is -2.46. The number of rotatable bonds is 3. The van der Waals surface area contributed by atoms with Crippen LogP contribution in [0.2, 0.25) is 0 Å². The summed E-state index contributed by atoms with van der Waals surface area (Å²) in [5.74, 6) is 0. The SMILES string of the molecule is NCc1cc(Cn2ccc3ccccc3c2=O)ccn1. The molecule has 2 N–H and O–H groups in total. The van der Waals surface area contributed by atoms with Crippen LogP contribution in [0.5, 0.6) is 0 Å². The Kier molecular flexibility index (Phi) is 3.31. The largest absolute Gasteiger partial charge is 0.325 e. The molecular formula is C16H15N3O. The molecule has 4 nitrogen and oxygen atoms in total. The summed E-state index contributed by atoms with van der Waals surface area (Å²) in [4.78, 5) is 16.6. The van der Waals surface area contributed by atoms with Gasteiger partial charge in [-0.1, -0.05) is 18.2 Å². The smallest absolute Gasteiger partial charge is 0.258 e. The van der Waals surface area contributed by atoms with E-state index in [1.54, 1.807) is 10.8 Å². The molecule has 0 aliphatic carbocycles. The highest BCUT2D eigenvalue weighted by Crippen LogP contribution is 2.09. The maximum Gasteiger partial charge on any atom is 0.258 e. The molecule has 4 heteroatoms. The Labute approximate surface area is 116 Å². The second kappa shape index (κ2) is 5.27. The lowest BCUT2D eigenvalue weighted by Crippen LogP contribution is -2.20. The third kappa shape index (κ3) is 2.33. The van der Waals surface area contributed by atoms with Crippen LogP contribution in [-0.2, 0) is 13.1 Å². The first-order valence-electron chi connectivity index (χ1n) is 6.50. The number of nitrogens with two attached hydrogens (primary N) is 1. The van der Waals surface area contributed by atoms with Crippen molar-refractivity contribution in [3.05, 3.63) is 76.5 Å². The molecule has 0 aliphatic rings. The molecular weight excluding hydrogens is 250 g/mol. The molecule has 2 aromatic heterocycles. The maximum atomic E-state index is 12.4. The van der Waals surface area contributed by atoms with Gasteiger partial charge in [-0.05, 0) is 35.2 Å². The monoisotopic (exact) mass is 265 g/mol. The van der Waals surface area contributed by atoms with Crippen LogP contribution in [-0.4, -0.2) is 9.55 Å². The van der Waals surface area contributed by atoms with Crippen LogP contribution in [0.4, 0.5) is 0 Å². The van der Waals surface area contributed by atoms with E-state index in [2.05, 4.69) is 4.98 Å². The molecule has 0 amide bonds. The van der Waals surface area contributed by atoms with E-state index in [-0.39, 0.29) is 5.56 Å². The minimum absolute atomic E-state index is 0.0224. The molecule has 0 unspecified atom stereocenters. The summed E-state index contributed by atoms with van der Waals surface area (Å²) in [6.45, 7) is 0.930. The van der Waals surface area contributed by atoms with Gasteiger partial charge in [0.05, 0.1) is 12.2 Å². The zero-order valence-corrected chi connectivity index (χ0v) is 11.0. The average Bonchev–Trinajstić information content (AvgIpc) is 2.50. The van der Waals surface area contributed by atoms with E-state index in [1.807, 2.05) is 48.7 Å². The number of fused-ring (bicyclic) bond motifs is 1. The summed E-state index contributed by atoms with van der Waals surface area (Å²) >= 11 is 0. The highest BCUT2D eigenvalue weighted by molar-refractivity contribution is 5.81. The Morgan fingerprint density at radius 1 is 1.15 bits per heavy atom. The van der Waals surface area contributed by atoms with Crippen molar-refractivity contribution in [3.63, 3.8) is 0 Å². The number of nitrogens with zero attached hydrogens (tertiary/aromatic N) is 2. The van der Waals surface area contributed by atoms with Crippen molar-refractivity contribution in [2.24, 2.45) is 5.73 Å². The van der Waals surface area contributed by atoms with E-state index in [1.165, 1.54) is 0 Å². The van der Waals surface area contributed by atoms with Gasteiger partial charge in [0, 0.05) is 24.3 Å². The van der Waals surface area contributed by atoms with E-state index >= 15 is 0 Å². The molecule has 20 heavy (non-hydrogen) atoms. The number of hydrogen-bond acceptors (Lipinski definition) is 3. The Morgan fingerprint density at radius 2 is 2.00 bits per heavy atom. The summed E-state index contributed by atoms with van der Waals surface area (Å²) in [5, 5.41) is 1.70. The molecule has 3 aromatic rings. The van der Waals surface area contributed by atoms with Crippen LogP contribution in [0.15, 0.2) is 59.7 Å². The fourth-order valence-electron chi connectivity index (χ4n) is 2.29. The quantitative estimate of drug-likeness (QED) is 0.786. The van der Waals surface area contributed by atoms with E-state index in [9.17, 15) is 4.79 Å². The van der Waals surface area contributed by atoms with Crippen LogP contribution in [0.25, 0.3) is 10.8 Å². The van der Waals surface area contributed by atoms with Crippen LogP contribution < -0.4 is 11.3 Å². The number of pyridine rings is 2. The molecule has 0 aliphatic heterocycles. The van der Waals surface area contributed by atoms with E-state index in [0.29, 0.717) is 13.1 Å². The molecule has 3 rings (SSSR count). The van der Waals surface area contributed by atoms with Gasteiger partial charge in [-0.25, -0.2) is 0 Å². The number of hydrogen-bond donors (Lipinski definition) is 1. The summed E-state index contributed by atoms with van der Waals surface area (Å²) in [6.07, 6.45) is 3.55. The van der Waals surface area contributed by atoms with Gasteiger partial charge in [-0.2, -0.15) is 0 Å². The van der Waals surface area contributed by atoms with Gasteiger partial charge in [0.1, 0.15) is 0 Å². The molecule has 0 bridgehead atoms. The fraction of sp³-hybridized carbons (Fsp3) is 0.125. The van der Waals surface area contributed by atoms with Crippen LogP contribution in [0, 0.1) is 0 Å². The average molecular weight is 265 g/mol. The zero-order chi connectivity index (χ0) is 13.9. The second-order valence-corrected chi connectivity index (χ2v) is 4.70. The fourth-order valence-corrected chi connectivity index (χ4v) is 2.29. The van der Waals surface area contributed by atoms with Crippen LogP contribution in [0.3, 0.4) is 0 Å². The van der Waals surface area contributed by atoms with Gasteiger partial charge in [-0.3, -0.25) is 9.78 Å². The Balaban J connectivity index is 2.02. The predicted molar refractivity (Wildman–Crippen MR) is 79.4 cm³/mol. The first-order chi connectivity index (χ1) is 9.78. The predicted octanol–water partition coefficient (Wildman–Crippen LogP) is 1.90. The van der Waals surface area contributed by atoms with Crippen molar-refractivity contribution in [2.75, 3.05) is 0 Å². The van der Waals surface area contributed by atoms with Crippen LogP contribution in [0.1, 0.15) is 11.3 Å². The summed E-state index contributed by atoms with van der Waals surface area (Å²) < 4.78 is 1.71. The summed E-state index contributed by atoms with van der Waals surface area (Å²) in [6, 6.07) is 13.4. The van der Waals surface area contributed by atoms with Gasteiger partial charge >= 0.3 is 0 Å². The normalized spacial score (nSPS) is 10.8. The van der Waals surface area contributed by atoms with Gasteiger partial charge in [0.2, 0.25) is 0 Å². The standard InChI is InChI=1S/C16H15N3O/c17-10-14-9-12(5-7-18-14)11-19-8-6-13-3-1-2-4-15(13)16(19)20/h1-9H,10-11,17H2. The Morgan fingerprint density at radius 3 is 2.85 bits per heavy atom. The molecule has 0 saturated heterocycles. The van der Waals surface area contributed by atoms with Crippen LogP contribution >= 0.6 is 0 Å². The minimum Gasteiger partial charge on any atom is -0.325 e. The second-order valence-electron chi connectivity index (χ2n) is 4.70. The first-order valence-corrected chi connectivity index (χ1v) is 6.50. The highest BCUT2D eigenvalue weighted by Gasteiger charge is 2.03. The molecule has 0 fully saturated rings. The van der Waals surface area contributed by atoms with Gasteiger partial charge in [0.15, 0.2) is 0 Å². The molecule has 1 aromatic carbocycles. The lowest BCUT2D eigenvalue weighted by molar-refractivity contribution is 0.763. The third-order valence-corrected chi connectivity index (χ3v) is 3.33. The van der Waals surface area contributed by atoms with Crippen molar-refractivity contribution in [3.8, 4) is 0 Å². The molecule has 2 heterocycles. The summed E-state index contributed by atoms with van der Waals surface area (Å²) in [5.41, 5.74) is 7.46. The van der Waals surface area contributed by atoms with Crippen molar-refractivity contribution in [1.29, 1.82) is 0 Å². The molecule has 0 radical (unpaired) electrons. The minimum atomic E-state index is 0.0224. The van der Waals surface area contributed by atoms with Crippen molar-refractivity contribution < 1.29 is 0 Å². The molecule has 100 valence electrons. The van der Waals surface area contributed by atoms with Crippen molar-refractivity contribution in [2.45, 2.75) is 13.1 Å². The summed E-state index contributed by atoms with van der Waals surface area (Å²) in [7, 11) is 0. The zero-order valence-electron chi connectivity index (χ0n) is 11.0. The third-order valence-electron chi connectivity index (χ3n) is 3.33. The van der Waals surface area contributed by atoms with E-state index < -0.39 is 0 Å². The van der Waals surface area contributed by atoms with Gasteiger partial charge in [0.25, 0.3) is 5.56 Å². The first kappa shape index (κ1) is 12.6. The molecule has 0 saturated carbocycles. The lowest BCUT2D eigenvalue weighted by atomic mass is 10.1. The van der Waals surface area contributed by atoms with Crippen molar-refractivity contribution >= 4 is 10.8 Å². The van der Waals surface area contributed by atoms with E-state index in [0.717, 1.165) is 22.0 Å². The van der Waals surface area contributed by atoms with Gasteiger partial charge < -0.3 is 10.3 Å². The molecule has 0 atom stereocenters. The highest BCUT2D eigenvalue weighted by atomic mass is 16.1. The lowest BCUT2D eigenvalue weighted by Gasteiger charge is -2.08. The van der Waals surface area contributed by atoms with E-state index in [4.69, 9.17) is 5.73 Å². The molecule has 0 spiro atoms. The number of aromatic nitrogens is 2. The topological polar surface area (TPSA) is 60.9 Å².